The highest BCUT2D eigenvalue weighted by atomic mass is 32.2. The van der Waals surface area contributed by atoms with Crippen molar-refractivity contribution in [3.63, 3.8) is 0 Å². The lowest BCUT2D eigenvalue weighted by atomic mass is 9.95. The van der Waals surface area contributed by atoms with E-state index in [2.05, 4.69) is 10.7 Å². The standard InChI is InChI=1S/C33H42FN3O19S2/c1-14(38)47-12-23-26(56-32-30(53-20(7)44)28(51-18(5)42)25(49-16(3)40)24(55-32)13-48-15(2)39)27(50-17(4)41)29(52-19(6)43)31(54-23)35-33(57)36-37-58(45,46)22-10-8-21(34)9-11-22/h8-11,23-32,37H,12-13H2,1-7H3,(H2,35,36,57)/t23-,24-,25+,26-,27+,28+,29-,30-,31?,32+/m1/s1. The van der Waals surface area contributed by atoms with Crippen LogP contribution in [0, 0.1) is 5.82 Å². The van der Waals surface area contributed by atoms with E-state index in [0.717, 1.165) is 72.7 Å². The van der Waals surface area contributed by atoms with Gasteiger partial charge in [-0.15, -0.1) is 4.83 Å². The van der Waals surface area contributed by atoms with Gasteiger partial charge in [-0.1, -0.05) is 0 Å². The van der Waals surface area contributed by atoms with Crippen LogP contribution in [0.15, 0.2) is 29.2 Å². The van der Waals surface area contributed by atoms with Gasteiger partial charge >= 0.3 is 41.8 Å². The molecule has 1 aromatic rings. The summed E-state index contributed by atoms with van der Waals surface area (Å²) in [5.41, 5.74) is 2.20. The molecule has 1 aromatic carbocycles. The van der Waals surface area contributed by atoms with Gasteiger partial charge < -0.3 is 52.7 Å². The van der Waals surface area contributed by atoms with Crippen molar-refractivity contribution in [1.29, 1.82) is 0 Å². The molecule has 25 heteroatoms. The Hall–Kier alpha value is -5.08. The number of esters is 7. The first-order valence-corrected chi connectivity index (χ1v) is 18.9. The van der Waals surface area contributed by atoms with Crippen molar-refractivity contribution < 1.29 is 93.7 Å². The Kier molecular flexibility index (Phi) is 17.2. The molecule has 0 spiro atoms. The fraction of sp³-hybridized carbons (Fsp3) is 0.576. The Labute approximate surface area is 335 Å². The van der Waals surface area contributed by atoms with Crippen LogP contribution in [0.1, 0.15) is 48.5 Å². The van der Waals surface area contributed by atoms with Gasteiger partial charge in [-0.2, -0.15) is 0 Å². The van der Waals surface area contributed by atoms with E-state index in [-0.39, 0.29) is 4.90 Å². The summed E-state index contributed by atoms with van der Waals surface area (Å²) < 4.78 is 94.9. The second-order valence-corrected chi connectivity index (χ2v) is 14.5. The van der Waals surface area contributed by atoms with Crippen LogP contribution in [0.3, 0.4) is 0 Å². The maximum absolute atomic E-state index is 13.4. The molecule has 2 heterocycles. The van der Waals surface area contributed by atoms with Crippen LogP contribution in [0.2, 0.25) is 0 Å². The van der Waals surface area contributed by atoms with E-state index >= 15 is 0 Å². The van der Waals surface area contributed by atoms with Crippen molar-refractivity contribution in [3.8, 4) is 0 Å². The highest BCUT2D eigenvalue weighted by molar-refractivity contribution is 7.89. The summed E-state index contributed by atoms with van der Waals surface area (Å²) in [6.45, 7) is 5.73. The first-order valence-electron chi connectivity index (χ1n) is 17.0. The fourth-order valence-corrected chi connectivity index (χ4v) is 6.66. The quantitative estimate of drug-likeness (QED) is 0.0834. The molecule has 322 valence electrons. The first-order chi connectivity index (χ1) is 27.1. The number of hydrazine groups is 1. The third kappa shape index (κ3) is 14.1. The zero-order valence-electron chi connectivity index (χ0n) is 31.9. The SMILES string of the molecule is CC(=O)OC[C@H]1O[C@@H](O[C@H]2[C@H](OC(C)=O)[C@@H](OC(C)=O)C(NC(=S)NNS(=O)(=O)c3ccc(F)cc3)O[C@@H]2COC(C)=O)[C@H](OC(C)=O)[C@@H](OC(C)=O)[C@H]1OC(C)=O. The first kappa shape index (κ1) is 47.3. The molecule has 0 amide bonds. The average Bonchev–Trinajstić information content (AvgIpc) is 3.09. The summed E-state index contributed by atoms with van der Waals surface area (Å²) in [6, 6.07) is 3.77. The Bertz CT molecular complexity index is 1820. The summed E-state index contributed by atoms with van der Waals surface area (Å²) in [4.78, 5) is 87.5. The number of carbonyl (C=O) groups is 7. The van der Waals surface area contributed by atoms with E-state index in [4.69, 9.17) is 59.6 Å². The van der Waals surface area contributed by atoms with Gasteiger partial charge in [0, 0.05) is 48.5 Å². The van der Waals surface area contributed by atoms with Gasteiger partial charge in [-0.25, -0.2) is 12.8 Å². The number of halogens is 1. The Morgan fingerprint density at radius 3 is 1.53 bits per heavy atom. The summed E-state index contributed by atoms with van der Waals surface area (Å²) >= 11 is 5.24. The third-order valence-electron chi connectivity index (χ3n) is 7.62. The normalized spacial score (nSPS) is 26.8. The van der Waals surface area contributed by atoms with E-state index in [0.29, 0.717) is 0 Å². The molecule has 10 atom stereocenters. The summed E-state index contributed by atoms with van der Waals surface area (Å²) in [7, 11) is -4.34. The Morgan fingerprint density at radius 2 is 1.05 bits per heavy atom. The maximum Gasteiger partial charge on any atom is 0.303 e. The Balaban J connectivity index is 2.09. The number of ether oxygens (including phenoxy) is 10. The van der Waals surface area contributed by atoms with Crippen LogP contribution in [-0.2, 0) is 91.0 Å². The predicted molar refractivity (Wildman–Crippen MR) is 189 cm³/mol. The van der Waals surface area contributed by atoms with Gasteiger partial charge in [0.2, 0.25) is 0 Å². The minimum atomic E-state index is -4.34. The van der Waals surface area contributed by atoms with Gasteiger partial charge in [0.05, 0.1) is 4.90 Å². The maximum atomic E-state index is 13.4. The average molecular weight is 868 g/mol. The van der Waals surface area contributed by atoms with Crippen molar-refractivity contribution in [1.82, 2.24) is 15.6 Å². The van der Waals surface area contributed by atoms with Crippen LogP contribution < -0.4 is 15.6 Å². The molecule has 2 aliphatic heterocycles. The topological polar surface area (TPSA) is 282 Å². The highest BCUT2D eigenvalue weighted by Crippen LogP contribution is 2.35. The van der Waals surface area contributed by atoms with Crippen molar-refractivity contribution in [2.45, 2.75) is 115 Å². The molecule has 2 aliphatic rings. The second-order valence-electron chi connectivity index (χ2n) is 12.4. The van der Waals surface area contributed by atoms with Gasteiger partial charge in [0.1, 0.15) is 37.3 Å². The summed E-state index contributed by atoms with van der Waals surface area (Å²) in [5.74, 6) is -7.14. The summed E-state index contributed by atoms with van der Waals surface area (Å²) in [6.07, 6.45) is -16.9. The van der Waals surface area contributed by atoms with Crippen LogP contribution in [0.4, 0.5) is 4.39 Å². The molecule has 3 rings (SSSR count). The number of hydrogen-bond donors (Lipinski definition) is 3. The number of nitrogens with one attached hydrogen (secondary N) is 3. The molecule has 1 unspecified atom stereocenters. The predicted octanol–water partition coefficient (Wildman–Crippen LogP) is -0.897. The molecular formula is C33H42FN3O19S2. The van der Waals surface area contributed by atoms with Crippen molar-refractivity contribution >= 4 is 69.1 Å². The zero-order valence-corrected chi connectivity index (χ0v) is 33.6. The minimum absolute atomic E-state index is 0.352. The molecule has 3 N–H and O–H groups in total. The summed E-state index contributed by atoms with van der Waals surface area (Å²) in [5, 5.41) is 2.05. The molecular weight excluding hydrogens is 825 g/mol. The number of benzene rings is 1. The molecule has 0 radical (unpaired) electrons. The molecule has 58 heavy (non-hydrogen) atoms. The smallest absolute Gasteiger partial charge is 0.303 e. The number of thiocarbonyl (C=S) groups is 1. The largest absolute Gasteiger partial charge is 0.463 e. The van der Waals surface area contributed by atoms with Gasteiger partial charge in [-0.3, -0.25) is 39.0 Å². The lowest BCUT2D eigenvalue weighted by Gasteiger charge is -2.49. The number of hydrogen-bond acceptors (Lipinski definition) is 20. The number of sulfonamides is 1. The van der Waals surface area contributed by atoms with E-state index in [1.54, 1.807) is 0 Å². The molecule has 2 fully saturated rings. The third-order valence-corrected chi connectivity index (χ3v) is 9.11. The van der Waals surface area contributed by atoms with Crippen molar-refractivity contribution in [2.24, 2.45) is 0 Å². The second kappa shape index (κ2) is 21.1. The Morgan fingerprint density at radius 1 is 0.621 bits per heavy atom. The zero-order chi connectivity index (χ0) is 43.5. The number of rotatable bonds is 15. The van der Waals surface area contributed by atoms with Gasteiger partial charge in [-0.05, 0) is 36.5 Å². The van der Waals surface area contributed by atoms with Crippen LogP contribution >= 0.6 is 12.2 Å². The van der Waals surface area contributed by atoms with Crippen LogP contribution in [-0.4, -0.2) is 130 Å². The van der Waals surface area contributed by atoms with Gasteiger partial charge in [0.25, 0.3) is 10.0 Å². The lowest BCUT2D eigenvalue weighted by molar-refractivity contribution is -0.345. The fourth-order valence-electron chi connectivity index (χ4n) is 5.58. The van der Waals surface area contributed by atoms with Crippen molar-refractivity contribution in [2.75, 3.05) is 13.2 Å². The molecule has 22 nitrogen and oxygen atoms in total. The van der Waals surface area contributed by atoms with Crippen LogP contribution in [0.5, 0.6) is 0 Å². The molecule has 0 aliphatic carbocycles. The number of carbonyl (C=O) groups excluding carboxylic acids is 7. The monoisotopic (exact) mass is 867 g/mol. The van der Waals surface area contributed by atoms with E-state index < -0.39 is 137 Å². The van der Waals surface area contributed by atoms with Crippen LogP contribution in [0.25, 0.3) is 0 Å². The molecule has 0 saturated carbocycles. The molecule has 0 bridgehead atoms. The van der Waals surface area contributed by atoms with E-state index in [1.165, 1.54) is 0 Å². The lowest BCUT2D eigenvalue weighted by Crippen LogP contribution is -2.69. The van der Waals surface area contributed by atoms with Crippen molar-refractivity contribution in [3.05, 3.63) is 30.1 Å². The minimum Gasteiger partial charge on any atom is -0.463 e. The van der Waals surface area contributed by atoms with E-state index in [9.17, 15) is 46.4 Å². The molecule has 2 saturated heterocycles. The molecule has 0 aromatic heterocycles. The highest BCUT2D eigenvalue weighted by Gasteiger charge is 2.57. The van der Waals surface area contributed by atoms with E-state index in [1.807, 2.05) is 4.83 Å². The van der Waals surface area contributed by atoms with Gasteiger partial charge in [0.15, 0.2) is 48.2 Å².